The number of halogens is 1. The third-order valence-electron chi connectivity index (χ3n) is 6.07. The van der Waals surface area contributed by atoms with Crippen LogP contribution in [0.15, 0.2) is 34.0 Å². The Bertz CT molecular complexity index is 807. The second kappa shape index (κ2) is 12.5. The molecular weight excluding hydrogens is 541 g/mol. The molecule has 0 bridgehead atoms. The van der Waals surface area contributed by atoms with Crippen molar-refractivity contribution in [2.24, 2.45) is 4.99 Å². The van der Waals surface area contributed by atoms with Crippen LogP contribution in [0.25, 0.3) is 0 Å². The van der Waals surface area contributed by atoms with Crippen LogP contribution in [0.1, 0.15) is 28.3 Å². The summed E-state index contributed by atoms with van der Waals surface area (Å²) in [7, 11) is 1.85. The van der Waals surface area contributed by atoms with E-state index in [1.54, 1.807) is 4.88 Å². The maximum Gasteiger partial charge on any atom is 0.191 e. The monoisotopic (exact) mass is 575 g/mol. The van der Waals surface area contributed by atoms with Gasteiger partial charge in [0.15, 0.2) is 5.96 Å². The first kappa shape index (κ1) is 24.9. The zero-order valence-electron chi connectivity index (χ0n) is 18.4. The van der Waals surface area contributed by atoms with Gasteiger partial charge in [0.05, 0.1) is 19.3 Å². The number of aliphatic imine (C=N–C) groups is 1. The molecule has 9 heteroatoms. The minimum absolute atomic E-state index is 0. The largest absolute Gasteiger partial charge is 0.379 e. The number of nitrogens with one attached hydrogen (secondary N) is 2. The van der Waals surface area contributed by atoms with E-state index in [1.807, 2.05) is 29.7 Å². The molecule has 0 aliphatic carbocycles. The van der Waals surface area contributed by atoms with Gasteiger partial charge in [0.2, 0.25) is 0 Å². The van der Waals surface area contributed by atoms with Gasteiger partial charge < -0.3 is 15.4 Å². The van der Waals surface area contributed by atoms with E-state index in [4.69, 9.17) is 4.74 Å². The maximum absolute atomic E-state index is 5.55. The van der Waals surface area contributed by atoms with Crippen LogP contribution in [0, 0.1) is 0 Å². The lowest BCUT2D eigenvalue weighted by Gasteiger charge is -2.35. The summed E-state index contributed by atoms with van der Waals surface area (Å²) in [5.41, 5.74) is 1.50. The normalized spacial score (nSPS) is 19.9. The van der Waals surface area contributed by atoms with E-state index in [0.717, 1.165) is 58.4 Å². The topological polar surface area (TPSA) is 52.1 Å². The smallest absolute Gasteiger partial charge is 0.191 e. The number of thiophene rings is 2. The van der Waals surface area contributed by atoms with E-state index < -0.39 is 0 Å². The Labute approximate surface area is 211 Å². The van der Waals surface area contributed by atoms with Crippen LogP contribution in [-0.2, 0) is 17.7 Å². The molecule has 2 aliphatic rings. The van der Waals surface area contributed by atoms with E-state index >= 15 is 0 Å². The molecule has 2 aliphatic heterocycles. The summed E-state index contributed by atoms with van der Waals surface area (Å²) in [4.78, 5) is 12.5. The lowest BCUT2D eigenvalue weighted by Crippen LogP contribution is -2.49. The molecule has 2 N–H and O–H groups in total. The van der Waals surface area contributed by atoms with Gasteiger partial charge >= 0.3 is 0 Å². The quantitative estimate of drug-likeness (QED) is 0.301. The van der Waals surface area contributed by atoms with Gasteiger partial charge in [0.1, 0.15) is 0 Å². The molecule has 0 radical (unpaired) electrons. The number of rotatable bonds is 7. The number of hydrogen-bond acceptors (Lipinski definition) is 6. The van der Waals surface area contributed by atoms with Crippen molar-refractivity contribution in [3.05, 3.63) is 44.3 Å². The molecule has 0 aromatic carbocycles. The maximum atomic E-state index is 5.55. The zero-order valence-corrected chi connectivity index (χ0v) is 22.3. The van der Waals surface area contributed by atoms with Crippen LogP contribution in [0.5, 0.6) is 0 Å². The highest BCUT2D eigenvalue weighted by Crippen LogP contribution is 2.26. The Kier molecular flexibility index (Phi) is 10.0. The van der Waals surface area contributed by atoms with Gasteiger partial charge in [0, 0.05) is 62.1 Å². The zero-order chi connectivity index (χ0) is 20.8. The van der Waals surface area contributed by atoms with Crippen LogP contribution >= 0.6 is 46.7 Å². The molecule has 1 saturated heterocycles. The molecule has 2 aromatic heterocycles. The summed E-state index contributed by atoms with van der Waals surface area (Å²) < 4.78 is 5.55. The van der Waals surface area contributed by atoms with E-state index in [-0.39, 0.29) is 24.0 Å². The summed E-state index contributed by atoms with van der Waals surface area (Å²) >= 11 is 3.73. The third-order valence-corrected chi connectivity index (χ3v) is 8.07. The van der Waals surface area contributed by atoms with Crippen molar-refractivity contribution in [1.82, 2.24) is 20.4 Å². The Hall–Kier alpha value is -0.720. The summed E-state index contributed by atoms with van der Waals surface area (Å²) in [6.07, 6.45) is 1.17. The first-order valence-electron chi connectivity index (χ1n) is 10.8. The predicted octanol–water partition coefficient (Wildman–Crippen LogP) is 3.41. The molecule has 1 fully saturated rings. The van der Waals surface area contributed by atoms with Crippen LogP contribution in [0.2, 0.25) is 0 Å². The molecule has 31 heavy (non-hydrogen) atoms. The molecular formula is C22H34IN5OS2. The Morgan fingerprint density at radius 1 is 1.10 bits per heavy atom. The van der Waals surface area contributed by atoms with Crippen LogP contribution in [-0.4, -0.2) is 74.8 Å². The Morgan fingerprint density at radius 3 is 2.65 bits per heavy atom. The van der Waals surface area contributed by atoms with Gasteiger partial charge in [-0.1, -0.05) is 6.07 Å². The van der Waals surface area contributed by atoms with Gasteiger partial charge in [-0.15, -0.1) is 46.7 Å². The number of hydrogen-bond donors (Lipinski definition) is 2. The van der Waals surface area contributed by atoms with Gasteiger partial charge in [-0.25, -0.2) is 0 Å². The van der Waals surface area contributed by atoms with E-state index in [0.29, 0.717) is 12.1 Å². The van der Waals surface area contributed by atoms with Crippen LogP contribution in [0.3, 0.4) is 0 Å². The number of ether oxygens (including phenoxy) is 1. The molecule has 0 spiro atoms. The number of nitrogens with zero attached hydrogens (tertiary/aromatic N) is 3. The molecule has 2 aromatic rings. The highest BCUT2D eigenvalue weighted by atomic mass is 127. The average Bonchev–Trinajstić information content (AvgIpc) is 3.48. The van der Waals surface area contributed by atoms with Crippen molar-refractivity contribution >= 4 is 52.6 Å². The van der Waals surface area contributed by atoms with Gasteiger partial charge in [-0.05, 0) is 41.8 Å². The molecule has 4 heterocycles. The third kappa shape index (κ3) is 6.64. The van der Waals surface area contributed by atoms with Crippen molar-refractivity contribution in [2.45, 2.75) is 32.0 Å². The minimum atomic E-state index is 0. The highest BCUT2D eigenvalue weighted by molar-refractivity contribution is 14.0. The molecule has 2 atom stereocenters. The molecule has 172 valence electrons. The molecule has 4 rings (SSSR count). The van der Waals surface area contributed by atoms with Gasteiger partial charge in [-0.3, -0.25) is 14.8 Å². The van der Waals surface area contributed by atoms with Crippen molar-refractivity contribution in [3.8, 4) is 0 Å². The number of morpholine rings is 1. The minimum Gasteiger partial charge on any atom is -0.379 e. The average molecular weight is 576 g/mol. The fraction of sp³-hybridized carbons (Fsp3) is 0.591. The first-order chi connectivity index (χ1) is 14.7. The van der Waals surface area contributed by atoms with E-state index in [1.165, 1.54) is 16.9 Å². The van der Waals surface area contributed by atoms with Crippen molar-refractivity contribution < 1.29 is 4.74 Å². The number of guanidine groups is 1. The van der Waals surface area contributed by atoms with Crippen LogP contribution < -0.4 is 10.6 Å². The fourth-order valence-corrected chi connectivity index (χ4v) is 5.96. The van der Waals surface area contributed by atoms with Crippen molar-refractivity contribution in [1.29, 1.82) is 0 Å². The second-order valence-electron chi connectivity index (χ2n) is 7.95. The molecule has 0 saturated carbocycles. The van der Waals surface area contributed by atoms with Gasteiger partial charge in [-0.2, -0.15) is 0 Å². The Morgan fingerprint density at radius 2 is 1.90 bits per heavy atom. The Balaban J connectivity index is 0.00000272. The standard InChI is InChI=1S/C22H33N5OS2.HI/c1-17(27-7-5-20-18(16-27)6-13-30-20)14-24-22(23-2)25-15-19(21-4-3-12-29-21)26-8-10-28-11-9-26;/h3-4,6,12-13,17,19H,5,7-11,14-16H2,1-2H3,(H2,23,24,25);1H. The first-order valence-corrected chi connectivity index (χ1v) is 12.6. The van der Waals surface area contributed by atoms with Gasteiger partial charge in [0.25, 0.3) is 0 Å². The molecule has 2 unspecified atom stereocenters. The van der Waals surface area contributed by atoms with Crippen molar-refractivity contribution in [3.63, 3.8) is 0 Å². The van der Waals surface area contributed by atoms with E-state index in [2.05, 4.69) is 61.3 Å². The lowest BCUT2D eigenvalue weighted by molar-refractivity contribution is 0.0177. The number of fused-ring (bicyclic) bond motifs is 1. The SMILES string of the molecule is CN=C(NCC(C)N1CCc2sccc2C1)NCC(c1cccs1)N1CCOCC1.I. The predicted molar refractivity (Wildman–Crippen MR) is 142 cm³/mol. The lowest BCUT2D eigenvalue weighted by atomic mass is 10.1. The summed E-state index contributed by atoms with van der Waals surface area (Å²) in [5.74, 6) is 0.880. The van der Waals surface area contributed by atoms with Crippen LogP contribution in [0.4, 0.5) is 0 Å². The van der Waals surface area contributed by atoms with Crippen molar-refractivity contribution in [2.75, 3.05) is 53.0 Å². The molecule has 6 nitrogen and oxygen atoms in total. The summed E-state index contributed by atoms with van der Waals surface area (Å²) in [6.45, 7) is 9.82. The molecule has 0 amide bonds. The highest BCUT2D eigenvalue weighted by Gasteiger charge is 2.24. The fourth-order valence-electron chi connectivity index (χ4n) is 4.21. The van der Waals surface area contributed by atoms with E-state index in [9.17, 15) is 0 Å². The summed E-state index contributed by atoms with van der Waals surface area (Å²) in [6, 6.07) is 7.47. The second-order valence-corrected chi connectivity index (χ2v) is 9.93. The summed E-state index contributed by atoms with van der Waals surface area (Å²) in [5, 5.41) is 11.5.